The van der Waals surface area contributed by atoms with Gasteiger partial charge in [-0.05, 0) is 36.2 Å². The fraction of sp³-hybridized carbons (Fsp3) is 0.267. The Bertz CT molecular complexity index is 734. The number of aromatic nitrogens is 2. The molecule has 2 rings (SSSR count). The minimum absolute atomic E-state index is 0.0775. The Balaban J connectivity index is 1.85. The van der Waals surface area contributed by atoms with Gasteiger partial charge in [-0.3, -0.25) is 9.59 Å². The summed E-state index contributed by atoms with van der Waals surface area (Å²) < 4.78 is 6.97. The second-order valence-corrected chi connectivity index (χ2v) is 5.99. The van der Waals surface area contributed by atoms with Crippen LogP contribution in [0.4, 0.5) is 0 Å². The Morgan fingerprint density at radius 2 is 2.04 bits per heavy atom. The predicted octanol–water partition coefficient (Wildman–Crippen LogP) is 3.50. The lowest BCUT2D eigenvalue weighted by Crippen LogP contribution is -2.25. The molecule has 0 bridgehead atoms. The quantitative estimate of drug-likeness (QED) is 0.553. The van der Waals surface area contributed by atoms with Crippen LogP contribution in [0.1, 0.15) is 23.3 Å². The molecule has 0 aliphatic carbocycles. The highest BCUT2D eigenvalue weighted by Crippen LogP contribution is 2.31. The summed E-state index contributed by atoms with van der Waals surface area (Å²) in [5.74, 6) is 0.0907. The zero-order valence-corrected chi connectivity index (χ0v) is 14.7. The van der Waals surface area contributed by atoms with Crippen molar-refractivity contribution in [1.82, 2.24) is 15.1 Å². The Labute approximate surface area is 153 Å². The molecule has 1 heterocycles. The van der Waals surface area contributed by atoms with Gasteiger partial charge in [0, 0.05) is 19.2 Å². The van der Waals surface area contributed by atoms with Crippen LogP contribution in [0.2, 0.25) is 10.0 Å². The number of hydrogen-bond donors (Lipinski definition) is 1. The van der Waals surface area contributed by atoms with Gasteiger partial charge in [-0.25, -0.2) is 4.68 Å². The number of carbonyl (C=O) groups excluding carboxylic acids is 2. The molecule has 24 heavy (non-hydrogen) atoms. The van der Waals surface area contributed by atoms with Crippen molar-refractivity contribution < 1.29 is 14.3 Å². The van der Waals surface area contributed by atoms with Crippen molar-refractivity contribution in [2.75, 3.05) is 6.54 Å². The number of ether oxygens (including phenoxy) is 1. The highest BCUT2D eigenvalue weighted by molar-refractivity contribution is 6.63. The number of benzene rings is 1. The summed E-state index contributed by atoms with van der Waals surface area (Å²) in [6.07, 6.45) is 2.30. The topological polar surface area (TPSA) is 73.2 Å². The molecule has 0 fully saturated rings. The van der Waals surface area contributed by atoms with Crippen LogP contribution in [-0.4, -0.2) is 27.5 Å². The average Bonchev–Trinajstić information content (AvgIpc) is 3.01. The summed E-state index contributed by atoms with van der Waals surface area (Å²) in [6.45, 7) is 0.423. The van der Waals surface area contributed by atoms with Crippen molar-refractivity contribution in [2.45, 2.75) is 19.6 Å². The zero-order valence-electron chi connectivity index (χ0n) is 12.5. The Morgan fingerprint density at radius 1 is 1.25 bits per heavy atom. The summed E-state index contributed by atoms with van der Waals surface area (Å²) in [4.78, 5) is 22.5. The Morgan fingerprint density at radius 3 is 2.79 bits per heavy atom. The summed E-state index contributed by atoms with van der Waals surface area (Å²) in [6, 6.07) is 6.62. The zero-order chi connectivity index (χ0) is 17.5. The number of hydrogen-bond acceptors (Lipinski definition) is 4. The highest BCUT2D eigenvalue weighted by Gasteiger charge is 2.10. The summed E-state index contributed by atoms with van der Waals surface area (Å²) in [7, 11) is 0. The molecule has 0 unspecified atom stereocenters. The number of halogens is 3. The van der Waals surface area contributed by atoms with E-state index >= 15 is 0 Å². The van der Waals surface area contributed by atoms with Crippen LogP contribution < -0.4 is 10.1 Å². The summed E-state index contributed by atoms with van der Waals surface area (Å²) in [5.41, 5.74) is 0.244. The first-order chi connectivity index (χ1) is 11.5. The fourth-order valence-electron chi connectivity index (χ4n) is 1.81. The Hall–Kier alpha value is -1.76. The van der Waals surface area contributed by atoms with Crippen molar-refractivity contribution >= 4 is 46.0 Å². The van der Waals surface area contributed by atoms with Crippen molar-refractivity contribution in [3.05, 3.63) is 46.2 Å². The molecular formula is C15H14Cl3N3O3. The fourth-order valence-corrected chi connectivity index (χ4v) is 2.29. The van der Waals surface area contributed by atoms with Crippen LogP contribution >= 0.6 is 34.8 Å². The second-order valence-electron chi connectivity index (χ2n) is 4.78. The van der Waals surface area contributed by atoms with Gasteiger partial charge in [0.1, 0.15) is 16.5 Å². The van der Waals surface area contributed by atoms with Gasteiger partial charge in [-0.2, -0.15) is 5.10 Å². The lowest BCUT2D eigenvalue weighted by atomic mass is 10.3. The van der Waals surface area contributed by atoms with E-state index in [0.717, 1.165) is 0 Å². The minimum Gasteiger partial charge on any atom is -0.470 e. The molecule has 1 amide bonds. The van der Waals surface area contributed by atoms with E-state index in [1.165, 1.54) is 4.68 Å². The molecule has 0 aliphatic rings. The highest BCUT2D eigenvalue weighted by atomic mass is 35.5. The second kappa shape index (κ2) is 8.92. The van der Waals surface area contributed by atoms with Crippen LogP contribution in [0.15, 0.2) is 30.5 Å². The molecule has 0 saturated heterocycles. The smallest absolute Gasteiger partial charge is 0.271 e. The first-order valence-corrected chi connectivity index (χ1v) is 8.17. The van der Waals surface area contributed by atoms with Gasteiger partial charge in [0.05, 0.1) is 5.02 Å². The average molecular weight is 391 g/mol. The van der Waals surface area contributed by atoms with Crippen LogP contribution in [0.3, 0.4) is 0 Å². The molecule has 1 aromatic heterocycles. The molecule has 9 heteroatoms. The maximum Gasteiger partial charge on any atom is 0.271 e. The van der Waals surface area contributed by atoms with Crippen LogP contribution in [-0.2, 0) is 11.5 Å². The standard InChI is InChI=1S/C15H14Cl3N3O3/c16-10-3-1-4-12(14(10)18)24-9-21-8-6-11(20-21)15(23)19-7-2-5-13(17)22/h1,3-4,6,8H,2,5,7,9H2,(H,19,23). The molecule has 2 aromatic rings. The molecule has 0 atom stereocenters. The van der Waals surface area contributed by atoms with Crippen molar-refractivity contribution in [3.63, 3.8) is 0 Å². The normalized spacial score (nSPS) is 10.5. The van der Waals surface area contributed by atoms with Gasteiger partial charge in [-0.1, -0.05) is 29.3 Å². The third-order valence-electron chi connectivity index (χ3n) is 2.98. The number of carbonyl (C=O) groups is 2. The van der Waals surface area contributed by atoms with Crippen LogP contribution in [0.5, 0.6) is 5.75 Å². The van der Waals surface area contributed by atoms with Crippen LogP contribution in [0, 0.1) is 0 Å². The number of amides is 1. The van der Waals surface area contributed by atoms with Crippen molar-refractivity contribution in [2.24, 2.45) is 0 Å². The summed E-state index contributed by atoms with van der Waals surface area (Å²) in [5, 5.41) is 7.04. The molecule has 0 saturated carbocycles. The van der Waals surface area contributed by atoms with E-state index in [4.69, 9.17) is 39.5 Å². The lowest BCUT2D eigenvalue weighted by Gasteiger charge is -2.08. The first-order valence-electron chi connectivity index (χ1n) is 7.04. The minimum atomic E-state index is -0.426. The van der Waals surface area contributed by atoms with E-state index in [0.29, 0.717) is 28.8 Å². The van der Waals surface area contributed by atoms with E-state index in [1.807, 2.05) is 0 Å². The van der Waals surface area contributed by atoms with Gasteiger partial charge in [0.25, 0.3) is 5.91 Å². The molecule has 128 valence electrons. The monoisotopic (exact) mass is 389 g/mol. The molecular weight excluding hydrogens is 377 g/mol. The van der Waals surface area contributed by atoms with Crippen molar-refractivity contribution in [1.29, 1.82) is 0 Å². The molecule has 1 N–H and O–H groups in total. The number of rotatable bonds is 8. The predicted molar refractivity (Wildman–Crippen MR) is 91.7 cm³/mol. The van der Waals surface area contributed by atoms with E-state index in [2.05, 4.69) is 10.4 Å². The van der Waals surface area contributed by atoms with E-state index in [-0.39, 0.29) is 24.8 Å². The third kappa shape index (κ3) is 5.40. The van der Waals surface area contributed by atoms with Gasteiger partial charge in [0.2, 0.25) is 5.24 Å². The molecule has 6 nitrogen and oxygen atoms in total. The van der Waals surface area contributed by atoms with Gasteiger partial charge in [0.15, 0.2) is 6.73 Å². The van der Waals surface area contributed by atoms with E-state index in [9.17, 15) is 9.59 Å². The van der Waals surface area contributed by atoms with Gasteiger partial charge < -0.3 is 10.1 Å². The summed E-state index contributed by atoms with van der Waals surface area (Å²) >= 11 is 17.1. The third-order valence-corrected chi connectivity index (χ3v) is 3.97. The maximum atomic E-state index is 11.9. The Kier molecular flexibility index (Phi) is 6.90. The number of nitrogens with one attached hydrogen (secondary N) is 1. The molecule has 0 aliphatic heterocycles. The molecule has 0 spiro atoms. The number of nitrogens with zero attached hydrogens (tertiary/aromatic N) is 2. The van der Waals surface area contributed by atoms with Crippen LogP contribution in [0.25, 0.3) is 0 Å². The van der Waals surface area contributed by atoms with Gasteiger partial charge >= 0.3 is 0 Å². The first kappa shape index (κ1) is 18.6. The maximum absolute atomic E-state index is 11.9. The van der Waals surface area contributed by atoms with Gasteiger partial charge in [-0.15, -0.1) is 0 Å². The largest absolute Gasteiger partial charge is 0.470 e. The molecule has 0 radical (unpaired) electrons. The molecule has 1 aromatic carbocycles. The van der Waals surface area contributed by atoms with Crippen molar-refractivity contribution in [3.8, 4) is 5.75 Å². The van der Waals surface area contributed by atoms with E-state index < -0.39 is 5.24 Å². The lowest BCUT2D eigenvalue weighted by molar-refractivity contribution is -0.111. The SMILES string of the molecule is O=C(Cl)CCCNC(=O)c1ccn(COc2cccc(Cl)c2Cl)n1. The van der Waals surface area contributed by atoms with E-state index in [1.54, 1.807) is 30.5 Å².